The van der Waals surface area contributed by atoms with Gasteiger partial charge in [0.25, 0.3) is 0 Å². The predicted octanol–water partition coefficient (Wildman–Crippen LogP) is 5.16. The molecule has 1 aliphatic carbocycles. The van der Waals surface area contributed by atoms with E-state index in [4.69, 9.17) is 14.2 Å². The first kappa shape index (κ1) is 32.9. The Kier molecular flexibility index (Phi) is 10.7. The van der Waals surface area contributed by atoms with Crippen LogP contribution in [0.3, 0.4) is 0 Å². The van der Waals surface area contributed by atoms with Gasteiger partial charge in [-0.3, -0.25) is 15.6 Å². The van der Waals surface area contributed by atoms with Crippen molar-refractivity contribution in [2.75, 3.05) is 13.2 Å². The molecule has 1 aliphatic rings. The molecule has 1 atom stereocenters. The van der Waals surface area contributed by atoms with Crippen molar-refractivity contribution in [3.8, 4) is 11.1 Å². The van der Waals surface area contributed by atoms with Gasteiger partial charge in [-0.1, -0.05) is 48.5 Å². The lowest BCUT2D eigenvalue weighted by molar-refractivity contribution is -0.139. The van der Waals surface area contributed by atoms with Crippen LogP contribution < -0.4 is 16.0 Å². The van der Waals surface area contributed by atoms with Gasteiger partial charge in [0.2, 0.25) is 5.96 Å². The molecule has 12 heteroatoms. The molecule has 0 radical (unpaired) electrons. The first-order valence-corrected chi connectivity index (χ1v) is 14.0. The Labute approximate surface area is 251 Å². The maximum atomic E-state index is 12.6. The summed E-state index contributed by atoms with van der Waals surface area (Å²) in [5.74, 6) is -1.62. The Morgan fingerprint density at radius 3 is 1.77 bits per heavy atom. The number of carboxylic acids is 1. The molecule has 43 heavy (non-hydrogen) atoms. The smallest absolute Gasteiger partial charge is 0.414 e. The zero-order valence-corrected chi connectivity index (χ0v) is 25.4. The number of hydrogen-bond donors (Lipinski definition) is 4. The topological polar surface area (TPSA) is 165 Å². The van der Waals surface area contributed by atoms with Crippen LogP contribution in [0, 0.1) is 0 Å². The molecule has 0 unspecified atom stereocenters. The summed E-state index contributed by atoms with van der Waals surface area (Å²) in [5, 5.41) is 16.8. The summed E-state index contributed by atoms with van der Waals surface area (Å²) < 4.78 is 15.9. The lowest BCUT2D eigenvalue weighted by Crippen LogP contribution is -2.47. The van der Waals surface area contributed by atoms with Crippen molar-refractivity contribution >= 4 is 30.2 Å². The minimum atomic E-state index is -1.24. The highest BCUT2D eigenvalue weighted by atomic mass is 16.6. The third-order valence-corrected chi connectivity index (χ3v) is 6.09. The van der Waals surface area contributed by atoms with Crippen LogP contribution in [0.15, 0.2) is 53.5 Å². The minimum Gasteiger partial charge on any atom is -0.480 e. The first-order chi connectivity index (χ1) is 20.1. The van der Waals surface area contributed by atoms with Crippen LogP contribution in [-0.2, 0) is 19.0 Å². The van der Waals surface area contributed by atoms with Gasteiger partial charge in [-0.25, -0.2) is 19.2 Å². The quantitative estimate of drug-likeness (QED) is 0.140. The van der Waals surface area contributed by atoms with E-state index in [1.165, 1.54) is 0 Å². The van der Waals surface area contributed by atoms with Crippen molar-refractivity contribution in [3.63, 3.8) is 0 Å². The zero-order valence-electron chi connectivity index (χ0n) is 25.4. The van der Waals surface area contributed by atoms with E-state index < -0.39 is 41.5 Å². The van der Waals surface area contributed by atoms with Gasteiger partial charge in [0.05, 0.1) is 0 Å². The number of benzene rings is 2. The van der Waals surface area contributed by atoms with Crippen LogP contribution in [0.2, 0.25) is 0 Å². The number of amides is 3. The summed E-state index contributed by atoms with van der Waals surface area (Å²) in [6, 6.07) is 14.6. The second kappa shape index (κ2) is 14.0. The number of ether oxygens (including phenoxy) is 3. The molecule has 0 aliphatic heterocycles. The fourth-order valence-electron chi connectivity index (χ4n) is 4.44. The van der Waals surface area contributed by atoms with Gasteiger partial charge in [-0.05, 0) is 76.6 Å². The summed E-state index contributed by atoms with van der Waals surface area (Å²) in [5.41, 5.74) is 2.66. The van der Waals surface area contributed by atoms with E-state index in [0.717, 1.165) is 22.3 Å². The van der Waals surface area contributed by atoms with Gasteiger partial charge in [0.15, 0.2) is 0 Å². The summed E-state index contributed by atoms with van der Waals surface area (Å²) in [4.78, 5) is 53.1. The highest BCUT2D eigenvalue weighted by Gasteiger charge is 2.30. The normalized spacial score (nSPS) is 13.1. The number of nitrogens with one attached hydrogen (secondary N) is 3. The molecular formula is C31H40N4O8. The van der Waals surface area contributed by atoms with Gasteiger partial charge in [0.1, 0.15) is 23.9 Å². The van der Waals surface area contributed by atoms with Crippen molar-refractivity contribution in [2.45, 2.75) is 77.5 Å². The van der Waals surface area contributed by atoms with Gasteiger partial charge in [0, 0.05) is 12.5 Å². The van der Waals surface area contributed by atoms with E-state index in [0.29, 0.717) is 0 Å². The molecule has 3 rings (SSSR count). The molecule has 2 aromatic carbocycles. The van der Waals surface area contributed by atoms with E-state index in [-0.39, 0.29) is 37.9 Å². The number of carbonyl (C=O) groups excluding carboxylic acids is 3. The number of carbonyl (C=O) groups is 4. The van der Waals surface area contributed by atoms with Crippen LogP contribution in [0.5, 0.6) is 0 Å². The zero-order chi connectivity index (χ0) is 31.8. The van der Waals surface area contributed by atoms with Crippen LogP contribution in [0.1, 0.15) is 71.4 Å². The molecule has 0 saturated heterocycles. The van der Waals surface area contributed by atoms with Gasteiger partial charge < -0.3 is 24.6 Å². The number of fused-ring (bicyclic) bond motifs is 3. The summed E-state index contributed by atoms with van der Waals surface area (Å²) in [7, 11) is 0. The predicted molar refractivity (Wildman–Crippen MR) is 160 cm³/mol. The number of aliphatic imine (C=N–C) groups is 1. The monoisotopic (exact) mass is 596 g/mol. The Bertz CT molecular complexity index is 1280. The maximum Gasteiger partial charge on any atom is 0.414 e. The summed E-state index contributed by atoms with van der Waals surface area (Å²) in [6.07, 6.45) is -2.34. The Morgan fingerprint density at radius 1 is 0.814 bits per heavy atom. The maximum absolute atomic E-state index is 12.6. The molecule has 0 heterocycles. The SMILES string of the molecule is CC(C)(C)OC(=O)NC(=NCCC[C@H](NC(=O)OCC1c2ccccc2-c2ccccc21)C(=O)O)NC(=O)OC(C)(C)C. The van der Waals surface area contributed by atoms with Crippen LogP contribution in [-0.4, -0.2) is 65.7 Å². The molecular weight excluding hydrogens is 556 g/mol. The van der Waals surface area contributed by atoms with Gasteiger partial charge in [-0.15, -0.1) is 0 Å². The van der Waals surface area contributed by atoms with Crippen molar-refractivity contribution < 1.29 is 38.5 Å². The first-order valence-electron chi connectivity index (χ1n) is 14.0. The average Bonchev–Trinajstić information content (AvgIpc) is 3.20. The van der Waals surface area contributed by atoms with E-state index >= 15 is 0 Å². The lowest BCUT2D eigenvalue weighted by atomic mass is 9.98. The molecule has 2 aromatic rings. The van der Waals surface area contributed by atoms with Crippen molar-refractivity contribution in [1.82, 2.24) is 16.0 Å². The molecule has 0 saturated carbocycles. The number of guanidine groups is 1. The average molecular weight is 597 g/mol. The fourth-order valence-corrected chi connectivity index (χ4v) is 4.44. The number of alkyl carbamates (subject to hydrolysis) is 3. The van der Waals surface area contributed by atoms with Crippen molar-refractivity contribution in [1.29, 1.82) is 0 Å². The van der Waals surface area contributed by atoms with Gasteiger partial charge in [-0.2, -0.15) is 0 Å². The fraction of sp³-hybridized carbons (Fsp3) is 0.452. The van der Waals surface area contributed by atoms with Crippen LogP contribution >= 0.6 is 0 Å². The Balaban J connectivity index is 1.56. The second-order valence-corrected chi connectivity index (χ2v) is 12.0. The number of rotatable bonds is 8. The molecule has 3 amide bonds. The molecule has 12 nitrogen and oxygen atoms in total. The largest absolute Gasteiger partial charge is 0.480 e. The standard InChI is InChI=1S/C31H40N4O8/c1-30(2,3)42-28(39)34-26(35-29(40)43-31(4,5)6)32-17-11-16-24(25(36)37)33-27(38)41-18-23-21-14-9-7-12-19(21)20-13-8-10-15-22(20)23/h7-10,12-15,23-24H,11,16-18H2,1-6H3,(H,33,38)(H,36,37)(H2,32,34,35,39,40)/t24-/m0/s1. The molecule has 0 fully saturated rings. The van der Waals surface area contributed by atoms with Crippen LogP contribution in [0.4, 0.5) is 14.4 Å². The van der Waals surface area contributed by atoms with E-state index in [1.54, 1.807) is 41.5 Å². The molecule has 0 spiro atoms. The van der Waals surface area contributed by atoms with E-state index in [1.807, 2.05) is 48.5 Å². The third-order valence-electron chi connectivity index (χ3n) is 6.09. The molecule has 4 N–H and O–H groups in total. The third kappa shape index (κ3) is 10.3. The summed E-state index contributed by atoms with van der Waals surface area (Å²) >= 11 is 0. The van der Waals surface area contributed by atoms with Crippen molar-refractivity contribution in [3.05, 3.63) is 59.7 Å². The number of nitrogens with zero attached hydrogens (tertiary/aromatic N) is 1. The molecule has 0 aromatic heterocycles. The van der Waals surface area contributed by atoms with Gasteiger partial charge >= 0.3 is 24.2 Å². The minimum absolute atomic E-state index is 0.00911. The highest BCUT2D eigenvalue weighted by molar-refractivity contribution is 6.01. The van der Waals surface area contributed by atoms with E-state index in [2.05, 4.69) is 20.9 Å². The lowest BCUT2D eigenvalue weighted by Gasteiger charge is -2.22. The Hall–Kier alpha value is -4.61. The highest BCUT2D eigenvalue weighted by Crippen LogP contribution is 2.44. The second-order valence-electron chi connectivity index (χ2n) is 12.0. The van der Waals surface area contributed by atoms with Crippen molar-refractivity contribution in [2.24, 2.45) is 4.99 Å². The number of aliphatic carboxylic acids is 1. The van der Waals surface area contributed by atoms with E-state index in [9.17, 15) is 24.3 Å². The Morgan fingerprint density at radius 2 is 1.30 bits per heavy atom. The van der Waals surface area contributed by atoms with Crippen LogP contribution in [0.25, 0.3) is 11.1 Å². The molecule has 0 bridgehead atoms. The molecule has 232 valence electrons. The number of hydrogen-bond acceptors (Lipinski definition) is 8. The number of carboxylic acid groups (broad SMARTS) is 1. The summed E-state index contributed by atoms with van der Waals surface area (Å²) in [6.45, 7) is 10.1.